The summed E-state index contributed by atoms with van der Waals surface area (Å²) in [6.07, 6.45) is 31.0. The maximum Gasteiger partial charge on any atom is 0.306 e. The molecule has 2 aliphatic heterocycles. The number of fused-ring (bicyclic) bond motifs is 7. The van der Waals surface area contributed by atoms with Crippen LogP contribution in [-0.2, 0) is 19.0 Å². The zero-order valence-electron chi connectivity index (χ0n) is 31.5. The van der Waals surface area contributed by atoms with Crippen LogP contribution in [0.25, 0.3) is 0 Å². The SMILES string of the molecule is CCCCCCCCCCCCCCCC(=O)O[C@H]1CC[C@@]2(C)C(CCC3C2CC[C@@]2(C)C3CC3OC4(CC[C@H](C)CO4)C(C)C32)C1. The van der Waals surface area contributed by atoms with Gasteiger partial charge in [0.05, 0.1) is 12.7 Å². The van der Waals surface area contributed by atoms with Crippen LogP contribution in [0.2, 0.25) is 0 Å². The summed E-state index contributed by atoms with van der Waals surface area (Å²) >= 11 is 0. The summed E-state index contributed by atoms with van der Waals surface area (Å²) in [7, 11) is 0. The normalized spacial score (nSPS) is 44.1. The van der Waals surface area contributed by atoms with Gasteiger partial charge in [0.25, 0.3) is 0 Å². The fraction of sp³-hybridized carbons (Fsp3) is 0.977. The van der Waals surface area contributed by atoms with Crippen LogP contribution >= 0.6 is 0 Å². The maximum absolute atomic E-state index is 12.8. The van der Waals surface area contributed by atoms with Gasteiger partial charge in [0, 0.05) is 18.8 Å². The second-order valence-corrected chi connectivity index (χ2v) is 18.6. The maximum atomic E-state index is 12.8. The lowest BCUT2D eigenvalue weighted by molar-refractivity contribution is -0.273. The summed E-state index contributed by atoms with van der Waals surface area (Å²) in [5.41, 5.74) is 0.806. The van der Waals surface area contributed by atoms with Crippen molar-refractivity contribution in [3.63, 3.8) is 0 Å². The Morgan fingerprint density at radius 3 is 2.04 bits per heavy atom. The lowest BCUT2D eigenvalue weighted by Gasteiger charge is -2.61. The minimum Gasteiger partial charge on any atom is -0.462 e. The van der Waals surface area contributed by atoms with E-state index in [0.717, 1.165) is 50.0 Å². The Morgan fingerprint density at radius 1 is 0.723 bits per heavy atom. The number of rotatable bonds is 15. The highest BCUT2D eigenvalue weighted by molar-refractivity contribution is 5.69. The number of unbranched alkanes of at least 4 members (excludes halogenated alkanes) is 12. The van der Waals surface area contributed by atoms with Crippen molar-refractivity contribution in [3.05, 3.63) is 0 Å². The molecule has 6 aliphatic rings. The first-order chi connectivity index (χ1) is 22.7. The van der Waals surface area contributed by atoms with Crippen molar-refractivity contribution in [2.75, 3.05) is 6.61 Å². The van der Waals surface area contributed by atoms with Gasteiger partial charge in [-0.3, -0.25) is 4.79 Å². The first-order valence-corrected chi connectivity index (χ1v) is 21.2. The molecule has 47 heavy (non-hydrogen) atoms. The van der Waals surface area contributed by atoms with Crippen LogP contribution in [0.5, 0.6) is 0 Å². The first kappa shape index (κ1) is 36.2. The summed E-state index contributed by atoms with van der Waals surface area (Å²) < 4.78 is 19.7. The van der Waals surface area contributed by atoms with Crippen LogP contribution in [-0.4, -0.2) is 30.6 Å². The molecular weight excluding hydrogens is 580 g/mol. The minimum atomic E-state index is -0.307. The predicted octanol–water partition coefficient (Wildman–Crippen LogP) is 11.8. The van der Waals surface area contributed by atoms with E-state index in [1.165, 1.54) is 122 Å². The molecule has 6 fully saturated rings. The van der Waals surface area contributed by atoms with Crippen LogP contribution in [0, 0.1) is 52.3 Å². The van der Waals surface area contributed by atoms with Crippen molar-refractivity contribution in [2.24, 2.45) is 52.3 Å². The van der Waals surface area contributed by atoms with Crippen molar-refractivity contribution in [1.82, 2.24) is 0 Å². The highest BCUT2D eigenvalue weighted by atomic mass is 16.7. The minimum absolute atomic E-state index is 0.0737. The van der Waals surface area contributed by atoms with Gasteiger partial charge in [0.15, 0.2) is 5.79 Å². The number of esters is 1. The zero-order valence-corrected chi connectivity index (χ0v) is 31.5. The molecule has 2 saturated heterocycles. The summed E-state index contributed by atoms with van der Waals surface area (Å²) in [6, 6.07) is 0. The molecule has 270 valence electrons. The van der Waals surface area contributed by atoms with Crippen LogP contribution in [0.1, 0.15) is 189 Å². The van der Waals surface area contributed by atoms with Crippen molar-refractivity contribution < 1.29 is 19.0 Å². The molecule has 12 atom stereocenters. The van der Waals surface area contributed by atoms with E-state index in [1.54, 1.807) is 0 Å². The van der Waals surface area contributed by atoms with E-state index in [4.69, 9.17) is 14.2 Å². The van der Waals surface area contributed by atoms with Crippen LogP contribution in [0.15, 0.2) is 0 Å². The van der Waals surface area contributed by atoms with Crippen molar-refractivity contribution in [3.8, 4) is 0 Å². The Kier molecular flexibility index (Phi) is 12.1. The molecule has 8 unspecified atom stereocenters. The fourth-order valence-electron chi connectivity index (χ4n) is 12.9. The summed E-state index contributed by atoms with van der Waals surface area (Å²) in [5, 5.41) is 0. The van der Waals surface area contributed by atoms with Crippen molar-refractivity contribution in [1.29, 1.82) is 0 Å². The van der Waals surface area contributed by atoms with E-state index in [9.17, 15) is 4.79 Å². The quantitative estimate of drug-likeness (QED) is 0.130. The summed E-state index contributed by atoms with van der Waals surface area (Å²) in [6.45, 7) is 13.2. The third kappa shape index (κ3) is 7.55. The number of carbonyl (C=O) groups excluding carboxylic acids is 1. The molecule has 0 bridgehead atoms. The Hall–Kier alpha value is -0.610. The lowest BCUT2D eigenvalue weighted by Crippen LogP contribution is -2.55. The largest absolute Gasteiger partial charge is 0.462 e. The Bertz CT molecular complexity index is 1000. The van der Waals surface area contributed by atoms with E-state index in [2.05, 4.69) is 34.6 Å². The molecule has 0 aromatic rings. The van der Waals surface area contributed by atoms with Gasteiger partial charge in [-0.25, -0.2) is 0 Å². The molecule has 4 heteroatoms. The number of ether oxygens (including phenoxy) is 3. The molecule has 0 amide bonds. The molecule has 2 heterocycles. The van der Waals surface area contributed by atoms with E-state index in [1.807, 2.05) is 0 Å². The zero-order chi connectivity index (χ0) is 33.1. The molecule has 4 saturated carbocycles. The average molecular weight is 655 g/mol. The predicted molar refractivity (Wildman–Crippen MR) is 192 cm³/mol. The van der Waals surface area contributed by atoms with Gasteiger partial charge in [0.1, 0.15) is 6.10 Å². The van der Waals surface area contributed by atoms with E-state index in [-0.39, 0.29) is 17.9 Å². The number of hydrogen-bond acceptors (Lipinski definition) is 4. The van der Waals surface area contributed by atoms with E-state index < -0.39 is 0 Å². The van der Waals surface area contributed by atoms with Gasteiger partial charge >= 0.3 is 5.97 Å². The van der Waals surface area contributed by atoms with Crippen molar-refractivity contribution in [2.45, 2.75) is 207 Å². The molecule has 4 aliphatic carbocycles. The van der Waals surface area contributed by atoms with Gasteiger partial charge in [0.2, 0.25) is 0 Å². The highest BCUT2D eigenvalue weighted by Gasteiger charge is 2.69. The van der Waals surface area contributed by atoms with Gasteiger partial charge in [-0.2, -0.15) is 0 Å². The average Bonchev–Trinajstić information content (AvgIpc) is 3.50. The monoisotopic (exact) mass is 655 g/mol. The summed E-state index contributed by atoms with van der Waals surface area (Å²) in [4.78, 5) is 12.8. The molecule has 0 aromatic heterocycles. The van der Waals surface area contributed by atoms with Crippen LogP contribution in [0.4, 0.5) is 0 Å². The second-order valence-electron chi connectivity index (χ2n) is 18.6. The molecule has 0 N–H and O–H groups in total. The van der Waals surface area contributed by atoms with Crippen LogP contribution < -0.4 is 0 Å². The molecule has 4 nitrogen and oxygen atoms in total. The smallest absolute Gasteiger partial charge is 0.306 e. The Morgan fingerprint density at radius 2 is 1.38 bits per heavy atom. The van der Waals surface area contributed by atoms with Crippen LogP contribution in [0.3, 0.4) is 0 Å². The third-order valence-corrected chi connectivity index (χ3v) is 15.7. The van der Waals surface area contributed by atoms with E-state index >= 15 is 0 Å². The summed E-state index contributed by atoms with van der Waals surface area (Å²) in [5.74, 6) is 4.77. The van der Waals surface area contributed by atoms with Gasteiger partial charge < -0.3 is 14.2 Å². The first-order valence-electron chi connectivity index (χ1n) is 21.2. The third-order valence-electron chi connectivity index (χ3n) is 15.7. The topological polar surface area (TPSA) is 44.8 Å². The lowest BCUT2D eigenvalue weighted by atomic mass is 9.44. The molecule has 0 aromatic carbocycles. The van der Waals surface area contributed by atoms with Crippen molar-refractivity contribution >= 4 is 5.97 Å². The Balaban J connectivity index is 0.901. The van der Waals surface area contributed by atoms with Gasteiger partial charge in [-0.05, 0) is 111 Å². The number of carbonyl (C=O) groups is 1. The number of hydrogen-bond donors (Lipinski definition) is 0. The molecule has 1 spiro atoms. The molecule has 6 rings (SSSR count). The van der Waals surface area contributed by atoms with E-state index in [0.29, 0.717) is 47.0 Å². The Labute approximate surface area is 290 Å². The standard InChI is InChI=1S/C43H74O4/c1-6-7-8-9-10-11-12-13-14-15-16-17-18-19-39(44)46-34-23-25-41(4)33(28-34)20-21-35-36(41)24-26-42(5)37(35)29-38-40(42)32(3)43(47-38)27-22-31(2)30-45-43/h31-38,40H,6-30H2,1-5H3/t31-,32?,33?,34-,35?,36?,37?,38?,40?,41-,42-,43?/m0/s1. The van der Waals surface area contributed by atoms with Gasteiger partial charge in [-0.1, -0.05) is 112 Å². The fourth-order valence-corrected chi connectivity index (χ4v) is 12.9. The second kappa shape index (κ2) is 15.7. The molecular formula is C43H74O4. The molecule has 0 radical (unpaired) electrons. The van der Waals surface area contributed by atoms with Gasteiger partial charge in [-0.15, -0.1) is 0 Å². The highest BCUT2D eigenvalue weighted by Crippen LogP contribution is 2.71.